The number of rotatable bonds is 6. The highest BCUT2D eigenvalue weighted by atomic mass is 16.5. The first kappa shape index (κ1) is 18.3. The van der Waals surface area contributed by atoms with Gasteiger partial charge >= 0.3 is 11.8 Å². The van der Waals surface area contributed by atoms with Crippen LogP contribution in [0.1, 0.15) is 26.2 Å². The van der Waals surface area contributed by atoms with Crippen LogP contribution >= 0.6 is 0 Å². The number of hydrogen-bond acceptors (Lipinski definition) is 4. The fraction of sp³-hybridized carbons (Fsp3) is 0.556. The lowest BCUT2D eigenvalue weighted by Gasteiger charge is -2.29. The van der Waals surface area contributed by atoms with E-state index in [4.69, 9.17) is 4.74 Å². The molecule has 2 rings (SSSR count). The molecular weight excluding hydrogens is 306 g/mol. The smallest absolute Gasteiger partial charge is 0.313 e. The van der Waals surface area contributed by atoms with Gasteiger partial charge in [-0.05, 0) is 56.1 Å². The van der Waals surface area contributed by atoms with Gasteiger partial charge in [0.05, 0.1) is 7.11 Å². The lowest BCUT2D eigenvalue weighted by Crippen LogP contribution is -2.41. The van der Waals surface area contributed by atoms with Crippen molar-refractivity contribution in [3.63, 3.8) is 0 Å². The largest absolute Gasteiger partial charge is 0.497 e. The van der Waals surface area contributed by atoms with Crippen molar-refractivity contribution in [1.82, 2.24) is 10.2 Å². The number of piperidine rings is 1. The molecule has 0 aromatic heterocycles. The molecule has 0 saturated carbocycles. The van der Waals surface area contributed by atoms with Crippen LogP contribution in [0.4, 0.5) is 5.69 Å². The lowest BCUT2D eigenvalue weighted by atomic mass is 10.1. The van der Waals surface area contributed by atoms with Crippen molar-refractivity contribution in [2.24, 2.45) is 5.92 Å². The second-order valence-electron chi connectivity index (χ2n) is 6.36. The zero-order valence-electron chi connectivity index (χ0n) is 14.5. The third-order valence-electron chi connectivity index (χ3n) is 4.18. The standard InChI is InChI=1S/C18H27N3O3/c1-14(13-21-10-4-3-5-11-21)12-19-17(22)18(23)20-15-6-8-16(24-2)9-7-15/h6-9,14H,3-5,10-13H2,1-2H3,(H,19,22)(H,20,23). The van der Waals surface area contributed by atoms with Gasteiger partial charge < -0.3 is 20.3 Å². The predicted octanol–water partition coefficient (Wildman–Crippen LogP) is 1.87. The number of hydrogen-bond donors (Lipinski definition) is 2. The van der Waals surface area contributed by atoms with Crippen molar-refractivity contribution in [1.29, 1.82) is 0 Å². The van der Waals surface area contributed by atoms with E-state index in [-0.39, 0.29) is 0 Å². The molecule has 0 aliphatic carbocycles. The highest BCUT2D eigenvalue weighted by Gasteiger charge is 2.17. The Kier molecular flexibility index (Phi) is 7.06. The Balaban J connectivity index is 1.71. The van der Waals surface area contributed by atoms with Crippen molar-refractivity contribution in [2.75, 3.05) is 38.6 Å². The Hall–Kier alpha value is -2.08. The third kappa shape index (κ3) is 5.85. The fourth-order valence-electron chi connectivity index (χ4n) is 2.86. The second kappa shape index (κ2) is 9.27. The summed E-state index contributed by atoms with van der Waals surface area (Å²) in [6.45, 7) is 5.83. The molecule has 0 radical (unpaired) electrons. The second-order valence-corrected chi connectivity index (χ2v) is 6.36. The van der Waals surface area contributed by atoms with Crippen LogP contribution in [-0.4, -0.2) is 50.0 Å². The molecule has 132 valence electrons. The van der Waals surface area contributed by atoms with E-state index in [0.717, 1.165) is 19.6 Å². The maximum Gasteiger partial charge on any atom is 0.313 e. The average molecular weight is 333 g/mol. The quantitative estimate of drug-likeness (QED) is 0.780. The van der Waals surface area contributed by atoms with Crippen molar-refractivity contribution in [3.05, 3.63) is 24.3 Å². The molecule has 1 aromatic carbocycles. The Morgan fingerprint density at radius 3 is 2.42 bits per heavy atom. The van der Waals surface area contributed by atoms with E-state index >= 15 is 0 Å². The Morgan fingerprint density at radius 2 is 1.79 bits per heavy atom. The number of carbonyl (C=O) groups excluding carboxylic acids is 2. The minimum atomic E-state index is -0.648. The molecule has 1 atom stereocenters. The van der Waals surface area contributed by atoms with Gasteiger partial charge in [-0.1, -0.05) is 13.3 Å². The van der Waals surface area contributed by atoms with E-state index < -0.39 is 11.8 Å². The van der Waals surface area contributed by atoms with Gasteiger partial charge in [0.2, 0.25) is 0 Å². The summed E-state index contributed by atoms with van der Waals surface area (Å²) >= 11 is 0. The van der Waals surface area contributed by atoms with Gasteiger partial charge in [-0.15, -0.1) is 0 Å². The van der Waals surface area contributed by atoms with E-state index in [9.17, 15) is 9.59 Å². The molecule has 6 nitrogen and oxygen atoms in total. The first-order valence-corrected chi connectivity index (χ1v) is 8.54. The molecule has 0 bridgehead atoms. The first-order chi connectivity index (χ1) is 11.6. The number of ether oxygens (including phenoxy) is 1. The molecule has 1 aliphatic rings. The van der Waals surface area contributed by atoms with Crippen molar-refractivity contribution >= 4 is 17.5 Å². The molecule has 6 heteroatoms. The molecule has 1 aromatic rings. The third-order valence-corrected chi connectivity index (χ3v) is 4.18. The fourth-order valence-corrected chi connectivity index (χ4v) is 2.86. The minimum absolute atomic E-state index is 0.320. The summed E-state index contributed by atoms with van der Waals surface area (Å²) in [5.74, 6) is -0.230. The van der Waals surface area contributed by atoms with Crippen LogP contribution in [-0.2, 0) is 9.59 Å². The Morgan fingerprint density at radius 1 is 1.12 bits per heavy atom. The van der Waals surface area contributed by atoms with E-state index in [1.165, 1.54) is 19.3 Å². The summed E-state index contributed by atoms with van der Waals surface area (Å²) in [6, 6.07) is 6.86. The van der Waals surface area contributed by atoms with Crippen LogP contribution in [0.3, 0.4) is 0 Å². The molecule has 1 fully saturated rings. The number of methoxy groups -OCH3 is 1. The zero-order chi connectivity index (χ0) is 17.4. The molecule has 2 amide bonds. The number of nitrogens with zero attached hydrogens (tertiary/aromatic N) is 1. The number of likely N-dealkylation sites (tertiary alicyclic amines) is 1. The van der Waals surface area contributed by atoms with Crippen molar-refractivity contribution in [2.45, 2.75) is 26.2 Å². The molecule has 1 heterocycles. The summed E-state index contributed by atoms with van der Waals surface area (Å²) in [5.41, 5.74) is 0.567. The van der Waals surface area contributed by atoms with Crippen LogP contribution in [0.5, 0.6) is 5.75 Å². The number of nitrogens with one attached hydrogen (secondary N) is 2. The van der Waals surface area contributed by atoms with Crippen LogP contribution in [0, 0.1) is 5.92 Å². The van der Waals surface area contributed by atoms with E-state index in [1.54, 1.807) is 31.4 Å². The number of carbonyl (C=O) groups is 2. The number of benzene rings is 1. The summed E-state index contributed by atoms with van der Waals surface area (Å²) in [7, 11) is 1.58. The predicted molar refractivity (Wildman–Crippen MR) is 94.1 cm³/mol. The number of amides is 2. The monoisotopic (exact) mass is 333 g/mol. The normalized spacial score (nSPS) is 16.2. The van der Waals surface area contributed by atoms with Crippen molar-refractivity contribution < 1.29 is 14.3 Å². The summed E-state index contributed by atoms with van der Waals surface area (Å²) < 4.78 is 5.05. The SMILES string of the molecule is COc1ccc(NC(=O)C(=O)NCC(C)CN2CCCCC2)cc1. The van der Waals surface area contributed by atoms with Gasteiger partial charge in [0.25, 0.3) is 0 Å². The van der Waals surface area contributed by atoms with E-state index in [1.807, 2.05) is 0 Å². The van der Waals surface area contributed by atoms with Crippen LogP contribution in [0.25, 0.3) is 0 Å². The van der Waals surface area contributed by atoms with Gasteiger partial charge in [0, 0.05) is 18.8 Å². The Labute approximate surface area is 143 Å². The number of anilines is 1. The maximum absolute atomic E-state index is 11.9. The van der Waals surface area contributed by atoms with E-state index in [2.05, 4.69) is 22.5 Å². The van der Waals surface area contributed by atoms with Crippen LogP contribution in [0.15, 0.2) is 24.3 Å². The lowest BCUT2D eigenvalue weighted by molar-refractivity contribution is -0.136. The summed E-state index contributed by atoms with van der Waals surface area (Å²) in [5, 5.41) is 5.29. The van der Waals surface area contributed by atoms with Gasteiger partial charge in [0.15, 0.2) is 0 Å². The molecule has 1 aliphatic heterocycles. The molecule has 1 unspecified atom stereocenters. The molecule has 1 saturated heterocycles. The Bertz CT molecular complexity index is 539. The highest BCUT2D eigenvalue weighted by Crippen LogP contribution is 2.15. The van der Waals surface area contributed by atoms with E-state index in [0.29, 0.717) is 23.9 Å². The maximum atomic E-state index is 11.9. The van der Waals surface area contributed by atoms with Crippen molar-refractivity contribution in [3.8, 4) is 5.75 Å². The zero-order valence-corrected chi connectivity index (χ0v) is 14.5. The van der Waals surface area contributed by atoms with Gasteiger partial charge in [-0.25, -0.2) is 0 Å². The van der Waals surface area contributed by atoms with Gasteiger partial charge in [-0.3, -0.25) is 9.59 Å². The first-order valence-electron chi connectivity index (χ1n) is 8.54. The average Bonchev–Trinajstić information content (AvgIpc) is 2.61. The summed E-state index contributed by atoms with van der Waals surface area (Å²) in [4.78, 5) is 26.2. The highest BCUT2D eigenvalue weighted by molar-refractivity contribution is 6.39. The van der Waals surface area contributed by atoms with Gasteiger partial charge in [-0.2, -0.15) is 0 Å². The topological polar surface area (TPSA) is 70.7 Å². The van der Waals surface area contributed by atoms with Crippen LogP contribution in [0.2, 0.25) is 0 Å². The summed E-state index contributed by atoms with van der Waals surface area (Å²) in [6.07, 6.45) is 3.82. The molecule has 2 N–H and O–H groups in total. The van der Waals surface area contributed by atoms with Crippen LogP contribution < -0.4 is 15.4 Å². The molecule has 0 spiro atoms. The minimum Gasteiger partial charge on any atom is -0.497 e. The molecular formula is C18H27N3O3. The van der Waals surface area contributed by atoms with Gasteiger partial charge in [0.1, 0.15) is 5.75 Å². The molecule has 24 heavy (non-hydrogen) atoms.